The number of Topliss-reactive ketones (excluding diaryl/α,β-unsaturated/α-hetero) is 2. The predicted octanol–water partition coefficient (Wildman–Crippen LogP) is 3.56. The van der Waals surface area contributed by atoms with Crippen LogP contribution in [0, 0.1) is 57.2 Å². The summed E-state index contributed by atoms with van der Waals surface area (Å²) in [5.74, 6) is 0.280. The van der Waals surface area contributed by atoms with Gasteiger partial charge in [-0.15, -0.1) is 0 Å². The van der Waals surface area contributed by atoms with Gasteiger partial charge in [0.25, 0.3) is 0 Å². The summed E-state index contributed by atoms with van der Waals surface area (Å²) in [5.41, 5.74) is -2.46. The number of carbonyl (C=O) groups is 4. The highest BCUT2D eigenvalue weighted by Crippen LogP contribution is 2.69. The Bertz CT molecular complexity index is 1480. The monoisotopic (exact) mass is 724 g/mol. The number of ketones is 4. The van der Waals surface area contributed by atoms with Crippen LogP contribution >= 0.6 is 0 Å². The van der Waals surface area contributed by atoms with Crippen LogP contribution in [0.15, 0.2) is 23.3 Å². The molecule has 6 fully saturated rings. The molecule has 10 nitrogen and oxygen atoms in total. The summed E-state index contributed by atoms with van der Waals surface area (Å²) in [6.45, 7) is 6.92. The molecule has 0 spiro atoms. The van der Waals surface area contributed by atoms with Crippen LogP contribution in [0.1, 0.15) is 118 Å². The Morgan fingerprint density at radius 2 is 0.981 bits per heavy atom. The molecule has 0 unspecified atom stereocenters. The summed E-state index contributed by atoms with van der Waals surface area (Å²) in [5, 5.41) is 63.5. The lowest BCUT2D eigenvalue weighted by molar-refractivity contribution is -0.182. The van der Waals surface area contributed by atoms with Gasteiger partial charge in [-0.2, -0.15) is 0 Å². The molecular formula is C42H60O10. The standard InChI is InChI=1S/2C21H30O5/c2*1-19-7-5-13(23)9-12(19)3-4-14-15-6-8-21(26,17(25)11-22)20(15,2)10-16(24)18(14)19/h2*9,14-16,18,22,24,26H,3-8,10-11H2,1-2H3/t2*14-,15-,16-,18+,19-,20-,21-/m00/s1. The first-order chi connectivity index (χ1) is 24.3. The molecule has 0 aromatic carbocycles. The average Bonchev–Trinajstić information content (AvgIpc) is 3.53. The van der Waals surface area contributed by atoms with Crippen molar-refractivity contribution in [3.8, 4) is 0 Å². The van der Waals surface area contributed by atoms with Crippen molar-refractivity contribution in [2.75, 3.05) is 13.2 Å². The Hall–Kier alpha value is -2.08. The van der Waals surface area contributed by atoms with E-state index in [1.165, 1.54) is 11.1 Å². The van der Waals surface area contributed by atoms with Gasteiger partial charge in [0, 0.05) is 23.7 Å². The molecule has 0 radical (unpaired) electrons. The van der Waals surface area contributed by atoms with Crippen molar-refractivity contribution in [2.24, 2.45) is 57.2 Å². The van der Waals surface area contributed by atoms with Gasteiger partial charge < -0.3 is 30.6 Å². The van der Waals surface area contributed by atoms with E-state index in [-0.39, 0.29) is 57.9 Å². The Kier molecular flexibility index (Phi) is 9.36. The Labute approximate surface area is 307 Å². The van der Waals surface area contributed by atoms with Crippen LogP contribution in [0.25, 0.3) is 0 Å². The van der Waals surface area contributed by atoms with E-state index < -0.39 is 59.0 Å². The molecule has 0 aliphatic heterocycles. The number of fused-ring (bicyclic) bond motifs is 10. The SMILES string of the molecule is C[C@]12CCC(=O)C=C1CC[C@@H]1[C@@H]2[C@@H](O)C[C@@]2(C)[C@H]1CC[C@]2(O)C(=O)CO.C[C@]12CCC(=O)C=C1CC[C@@H]1[C@@H]2[C@@H](O)C[C@@]2(C)[C@H]1CC[C@]2(O)C(=O)CO. The molecule has 8 rings (SSSR count). The molecule has 0 aromatic heterocycles. The second-order valence-corrected chi connectivity index (χ2v) is 19.1. The normalized spacial score (nSPS) is 50.5. The maximum atomic E-state index is 12.4. The molecule has 14 atom stereocenters. The summed E-state index contributed by atoms with van der Waals surface area (Å²) in [7, 11) is 0. The van der Waals surface area contributed by atoms with Gasteiger partial charge in [-0.3, -0.25) is 19.2 Å². The summed E-state index contributed by atoms with van der Waals surface area (Å²) in [4.78, 5) is 48.5. The first-order valence-corrected chi connectivity index (χ1v) is 19.9. The van der Waals surface area contributed by atoms with E-state index in [4.69, 9.17) is 0 Å². The van der Waals surface area contributed by atoms with Gasteiger partial charge in [0.2, 0.25) is 0 Å². The van der Waals surface area contributed by atoms with Gasteiger partial charge in [0.1, 0.15) is 24.4 Å². The zero-order chi connectivity index (χ0) is 37.8. The predicted molar refractivity (Wildman–Crippen MR) is 190 cm³/mol. The first kappa shape index (κ1) is 38.2. The smallest absolute Gasteiger partial charge is 0.190 e. The van der Waals surface area contributed by atoms with Crippen molar-refractivity contribution in [1.29, 1.82) is 0 Å². The lowest BCUT2D eigenvalue weighted by Crippen LogP contribution is -2.62. The topological polar surface area (TPSA) is 190 Å². The number of rotatable bonds is 4. The summed E-state index contributed by atoms with van der Waals surface area (Å²) < 4.78 is 0. The Morgan fingerprint density at radius 1 is 0.615 bits per heavy atom. The van der Waals surface area contributed by atoms with Crippen molar-refractivity contribution >= 4 is 23.1 Å². The van der Waals surface area contributed by atoms with Crippen molar-refractivity contribution in [1.82, 2.24) is 0 Å². The second-order valence-electron chi connectivity index (χ2n) is 19.1. The third-order valence-electron chi connectivity index (χ3n) is 17.3. The van der Waals surface area contributed by atoms with Gasteiger partial charge >= 0.3 is 0 Å². The maximum Gasteiger partial charge on any atom is 0.190 e. The molecule has 6 saturated carbocycles. The van der Waals surface area contributed by atoms with Crippen LogP contribution in [0.2, 0.25) is 0 Å². The molecule has 10 heteroatoms. The van der Waals surface area contributed by atoms with Crippen LogP contribution in [-0.2, 0) is 19.2 Å². The number of hydrogen-bond acceptors (Lipinski definition) is 10. The summed E-state index contributed by atoms with van der Waals surface area (Å²) >= 11 is 0. The van der Waals surface area contributed by atoms with Gasteiger partial charge in [-0.1, -0.05) is 38.8 Å². The lowest BCUT2D eigenvalue weighted by atomic mass is 9.45. The second kappa shape index (κ2) is 12.7. The largest absolute Gasteiger partial charge is 0.393 e. The number of aliphatic hydroxyl groups is 6. The fraction of sp³-hybridized carbons (Fsp3) is 0.810. The zero-order valence-corrected chi connectivity index (χ0v) is 31.4. The van der Waals surface area contributed by atoms with Crippen LogP contribution in [0.3, 0.4) is 0 Å². The fourth-order valence-corrected chi connectivity index (χ4v) is 14.6. The number of aliphatic hydroxyl groups excluding tert-OH is 4. The van der Waals surface area contributed by atoms with E-state index in [1.807, 2.05) is 13.8 Å². The van der Waals surface area contributed by atoms with Crippen molar-refractivity contribution in [3.63, 3.8) is 0 Å². The Morgan fingerprint density at radius 3 is 1.33 bits per heavy atom. The molecule has 52 heavy (non-hydrogen) atoms. The number of carbonyl (C=O) groups excluding carboxylic acids is 4. The van der Waals surface area contributed by atoms with Crippen molar-refractivity contribution < 1.29 is 49.8 Å². The maximum absolute atomic E-state index is 12.4. The fourth-order valence-electron chi connectivity index (χ4n) is 14.6. The van der Waals surface area contributed by atoms with E-state index in [1.54, 1.807) is 12.2 Å². The number of allylic oxidation sites excluding steroid dienone is 2. The van der Waals surface area contributed by atoms with Gasteiger partial charge in [-0.05, 0) is 136 Å². The minimum atomic E-state index is -1.54. The molecule has 0 heterocycles. The lowest BCUT2D eigenvalue weighted by Gasteiger charge is -2.60. The molecule has 0 saturated heterocycles. The van der Waals surface area contributed by atoms with Crippen LogP contribution in [-0.4, -0.2) is 90.4 Å². The van der Waals surface area contributed by atoms with Gasteiger partial charge in [-0.25, -0.2) is 0 Å². The molecule has 0 bridgehead atoms. The summed E-state index contributed by atoms with van der Waals surface area (Å²) in [6.07, 6.45) is 11.5. The first-order valence-electron chi connectivity index (χ1n) is 19.9. The van der Waals surface area contributed by atoms with Gasteiger partial charge in [0.15, 0.2) is 23.1 Å². The molecule has 288 valence electrons. The third kappa shape index (κ3) is 5.09. The quantitative estimate of drug-likeness (QED) is 0.250. The molecule has 0 amide bonds. The van der Waals surface area contributed by atoms with E-state index in [9.17, 15) is 49.8 Å². The number of hydrogen-bond donors (Lipinski definition) is 6. The molecule has 8 aliphatic rings. The Balaban J connectivity index is 0.000000162. The third-order valence-corrected chi connectivity index (χ3v) is 17.3. The van der Waals surface area contributed by atoms with Crippen LogP contribution in [0.4, 0.5) is 0 Å². The minimum absolute atomic E-state index is 0.0697. The molecule has 8 aliphatic carbocycles. The van der Waals surface area contributed by atoms with E-state index >= 15 is 0 Å². The van der Waals surface area contributed by atoms with E-state index in [0.717, 1.165) is 51.4 Å². The van der Waals surface area contributed by atoms with E-state index in [2.05, 4.69) is 13.8 Å². The average molecular weight is 725 g/mol. The minimum Gasteiger partial charge on any atom is -0.393 e. The highest BCUT2D eigenvalue weighted by molar-refractivity contribution is 5.92. The molecule has 0 aromatic rings. The highest BCUT2D eigenvalue weighted by Gasteiger charge is 2.69. The summed E-state index contributed by atoms with van der Waals surface area (Å²) in [6, 6.07) is 0. The van der Waals surface area contributed by atoms with Gasteiger partial charge in [0.05, 0.1) is 12.2 Å². The highest BCUT2D eigenvalue weighted by atomic mass is 16.3. The van der Waals surface area contributed by atoms with Crippen molar-refractivity contribution in [2.45, 2.75) is 141 Å². The van der Waals surface area contributed by atoms with Crippen molar-refractivity contribution in [3.05, 3.63) is 23.3 Å². The zero-order valence-electron chi connectivity index (χ0n) is 31.4. The molecule has 6 N–H and O–H groups in total. The van der Waals surface area contributed by atoms with Crippen LogP contribution < -0.4 is 0 Å². The van der Waals surface area contributed by atoms with Crippen LogP contribution in [0.5, 0.6) is 0 Å². The van der Waals surface area contributed by atoms with E-state index in [0.29, 0.717) is 38.5 Å². The molecular weight excluding hydrogens is 664 g/mol.